The van der Waals surface area contributed by atoms with Crippen molar-refractivity contribution in [1.29, 1.82) is 0 Å². The molecule has 2 amide bonds. The number of nitrogens with zero attached hydrogens (tertiary/aromatic N) is 1. The molecule has 0 saturated carbocycles. The Balaban J connectivity index is 1.76. The molecule has 1 saturated heterocycles. The van der Waals surface area contributed by atoms with Crippen LogP contribution in [0.3, 0.4) is 0 Å². The summed E-state index contributed by atoms with van der Waals surface area (Å²) in [6.45, 7) is 0. The van der Waals surface area contributed by atoms with Crippen LogP contribution in [-0.4, -0.2) is 18.9 Å². The molecule has 0 aromatic heterocycles. The molecule has 3 aromatic rings. The summed E-state index contributed by atoms with van der Waals surface area (Å²) in [4.78, 5) is 25.3. The Kier molecular flexibility index (Phi) is 4.71. The van der Waals surface area contributed by atoms with E-state index in [1.807, 2.05) is 36.4 Å². The van der Waals surface area contributed by atoms with E-state index in [2.05, 4.69) is 5.43 Å². The van der Waals surface area contributed by atoms with Gasteiger partial charge in [-0.25, -0.2) is 5.01 Å². The molecule has 4 rings (SSSR count). The third-order valence-electron chi connectivity index (χ3n) is 4.48. The third-order valence-corrected chi connectivity index (χ3v) is 5.21. The third kappa shape index (κ3) is 3.19. The molecule has 140 valence electrons. The highest BCUT2D eigenvalue weighted by molar-refractivity contribution is 6.42. The van der Waals surface area contributed by atoms with Crippen LogP contribution in [0.1, 0.15) is 5.56 Å². The van der Waals surface area contributed by atoms with Gasteiger partial charge in [-0.15, -0.1) is 0 Å². The average molecular weight is 413 g/mol. The summed E-state index contributed by atoms with van der Waals surface area (Å²) in [5.41, 5.74) is 3.75. The number of hydrogen-bond donors (Lipinski definition) is 1. The normalized spacial score (nSPS) is 15.4. The maximum atomic E-state index is 12.8. The number of carbonyl (C=O) groups is 2. The number of rotatable bonds is 3. The van der Waals surface area contributed by atoms with Gasteiger partial charge in [0.25, 0.3) is 11.8 Å². The van der Waals surface area contributed by atoms with Crippen molar-refractivity contribution in [2.75, 3.05) is 12.1 Å². The lowest BCUT2D eigenvalue weighted by Crippen LogP contribution is -2.35. The molecule has 1 N–H and O–H groups in total. The minimum Gasteiger partial charge on any atom is -0.497 e. The van der Waals surface area contributed by atoms with Gasteiger partial charge in [-0.2, -0.15) is 0 Å². The fraction of sp³-hybridized carbons (Fsp3) is 0.0476. The highest BCUT2D eigenvalue weighted by atomic mass is 35.5. The fourth-order valence-electron chi connectivity index (χ4n) is 3.05. The molecule has 3 aromatic carbocycles. The van der Waals surface area contributed by atoms with Gasteiger partial charge in [0.1, 0.15) is 11.3 Å². The van der Waals surface area contributed by atoms with E-state index in [-0.39, 0.29) is 5.57 Å². The Bertz CT molecular complexity index is 1160. The van der Waals surface area contributed by atoms with E-state index in [9.17, 15) is 9.59 Å². The lowest BCUT2D eigenvalue weighted by atomic mass is 10.0. The van der Waals surface area contributed by atoms with Crippen LogP contribution in [0, 0.1) is 0 Å². The van der Waals surface area contributed by atoms with Gasteiger partial charge in [-0.05, 0) is 52.7 Å². The van der Waals surface area contributed by atoms with E-state index in [0.29, 0.717) is 21.5 Å². The molecular weight excluding hydrogens is 399 g/mol. The highest BCUT2D eigenvalue weighted by Crippen LogP contribution is 2.30. The van der Waals surface area contributed by atoms with Crippen molar-refractivity contribution < 1.29 is 14.3 Å². The van der Waals surface area contributed by atoms with E-state index < -0.39 is 11.8 Å². The Labute approximate surface area is 171 Å². The second-order valence-corrected chi connectivity index (χ2v) is 6.99. The number of nitrogens with one attached hydrogen (secondary N) is 1. The summed E-state index contributed by atoms with van der Waals surface area (Å²) < 4.78 is 5.29. The van der Waals surface area contributed by atoms with Crippen molar-refractivity contribution in [3.63, 3.8) is 0 Å². The minimum atomic E-state index is -0.490. The lowest BCUT2D eigenvalue weighted by Gasteiger charge is -2.15. The topological polar surface area (TPSA) is 58.6 Å². The van der Waals surface area contributed by atoms with E-state index in [0.717, 1.165) is 21.3 Å². The molecule has 0 bridgehead atoms. The molecule has 1 aliphatic heterocycles. The number of halogens is 2. The zero-order chi connectivity index (χ0) is 19.8. The quantitative estimate of drug-likeness (QED) is 0.504. The van der Waals surface area contributed by atoms with E-state index >= 15 is 0 Å². The van der Waals surface area contributed by atoms with Gasteiger partial charge in [-0.3, -0.25) is 15.0 Å². The van der Waals surface area contributed by atoms with Crippen molar-refractivity contribution >= 4 is 57.6 Å². The first-order valence-electron chi connectivity index (χ1n) is 8.37. The Hall–Kier alpha value is -3.02. The number of amides is 2. The van der Waals surface area contributed by atoms with Crippen molar-refractivity contribution in [3.8, 4) is 5.75 Å². The predicted octanol–water partition coefficient (Wildman–Crippen LogP) is 4.62. The number of benzene rings is 3. The van der Waals surface area contributed by atoms with E-state index in [4.69, 9.17) is 27.9 Å². The summed E-state index contributed by atoms with van der Waals surface area (Å²) >= 11 is 12.0. The van der Waals surface area contributed by atoms with Gasteiger partial charge in [0.05, 0.1) is 22.8 Å². The molecule has 0 radical (unpaired) electrons. The highest BCUT2D eigenvalue weighted by Gasteiger charge is 2.34. The summed E-state index contributed by atoms with van der Waals surface area (Å²) in [5, 5.41) is 3.66. The van der Waals surface area contributed by atoms with Crippen LogP contribution >= 0.6 is 23.2 Å². The molecule has 0 unspecified atom stereocenters. The molecule has 7 heteroatoms. The Morgan fingerprint density at radius 2 is 1.82 bits per heavy atom. The number of fused-ring (bicyclic) bond motifs is 1. The van der Waals surface area contributed by atoms with Gasteiger partial charge in [0.2, 0.25) is 0 Å². The summed E-state index contributed by atoms with van der Waals surface area (Å²) in [6.07, 6.45) is 1.58. The zero-order valence-electron chi connectivity index (χ0n) is 14.7. The molecule has 1 fully saturated rings. The first-order chi connectivity index (χ1) is 13.5. The van der Waals surface area contributed by atoms with Crippen LogP contribution in [0.5, 0.6) is 5.75 Å². The van der Waals surface area contributed by atoms with Crippen molar-refractivity contribution in [3.05, 3.63) is 75.8 Å². The van der Waals surface area contributed by atoms with Crippen molar-refractivity contribution in [1.82, 2.24) is 5.43 Å². The number of carbonyl (C=O) groups excluding carboxylic acids is 2. The minimum absolute atomic E-state index is 0.0291. The maximum absolute atomic E-state index is 12.8. The van der Waals surface area contributed by atoms with Gasteiger partial charge >= 0.3 is 0 Å². The second-order valence-electron chi connectivity index (χ2n) is 6.17. The molecule has 0 atom stereocenters. The van der Waals surface area contributed by atoms with E-state index in [1.165, 1.54) is 6.07 Å². The van der Waals surface area contributed by atoms with Gasteiger partial charge < -0.3 is 4.74 Å². The predicted molar refractivity (Wildman–Crippen MR) is 111 cm³/mol. The molecule has 28 heavy (non-hydrogen) atoms. The zero-order valence-corrected chi connectivity index (χ0v) is 16.2. The molecular formula is C21H14Cl2N2O3. The van der Waals surface area contributed by atoms with Gasteiger partial charge in [-0.1, -0.05) is 47.5 Å². The number of hydrogen-bond acceptors (Lipinski definition) is 3. The SMILES string of the molecule is COc1ccc2cccc(/C=C3/C(=O)NN(c4ccc(Cl)c(Cl)c4)C3=O)c2c1. The monoisotopic (exact) mass is 412 g/mol. The van der Waals surface area contributed by atoms with Crippen LogP contribution in [0.4, 0.5) is 5.69 Å². The van der Waals surface area contributed by atoms with Crippen LogP contribution in [-0.2, 0) is 9.59 Å². The first kappa shape index (κ1) is 18.3. The molecule has 5 nitrogen and oxygen atoms in total. The largest absolute Gasteiger partial charge is 0.497 e. The van der Waals surface area contributed by atoms with Gasteiger partial charge in [0, 0.05) is 0 Å². The van der Waals surface area contributed by atoms with Crippen LogP contribution in [0.2, 0.25) is 10.0 Å². The lowest BCUT2D eigenvalue weighted by molar-refractivity contribution is -0.117. The van der Waals surface area contributed by atoms with Crippen LogP contribution < -0.4 is 15.2 Å². The Morgan fingerprint density at radius 1 is 1.00 bits per heavy atom. The smallest absolute Gasteiger partial charge is 0.282 e. The van der Waals surface area contributed by atoms with Crippen LogP contribution in [0.25, 0.3) is 16.8 Å². The number of ether oxygens (including phenoxy) is 1. The van der Waals surface area contributed by atoms with Crippen molar-refractivity contribution in [2.45, 2.75) is 0 Å². The first-order valence-corrected chi connectivity index (χ1v) is 9.12. The number of hydrazine groups is 1. The number of methoxy groups -OCH3 is 1. The van der Waals surface area contributed by atoms with E-state index in [1.54, 1.807) is 25.3 Å². The summed E-state index contributed by atoms with van der Waals surface area (Å²) in [7, 11) is 1.59. The van der Waals surface area contributed by atoms with Crippen molar-refractivity contribution in [2.24, 2.45) is 0 Å². The molecule has 1 heterocycles. The average Bonchev–Trinajstić information content (AvgIpc) is 2.98. The summed E-state index contributed by atoms with van der Waals surface area (Å²) in [5.74, 6) is -0.266. The Morgan fingerprint density at radius 3 is 2.57 bits per heavy atom. The molecule has 1 aliphatic rings. The fourth-order valence-corrected chi connectivity index (χ4v) is 3.34. The standard InChI is InChI=1S/C21H14Cl2N2O3/c1-28-15-7-5-12-3-2-4-13(16(12)11-15)9-17-20(26)24-25(21(17)27)14-6-8-18(22)19(23)10-14/h2-11H,1H3,(H,24,26)/b17-9-. The second kappa shape index (κ2) is 7.19. The summed E-state index contributed by atoms with van der Waals surface area (Å²) in [6, 6.07) is 16.0. The molecule has 0 spiro atoms. The number of anilines is 1. The van der Waals surface area contributed by atoms with Crippen LogP contribution in [0.15, 0.2) is 60.2 Å². The molecule has 0 aliphatic carbocycles. The maximum Gasteiger partial charge on any atom is 0.282 e. The van der Waals surface area contributed by atoms with Gasteiger partial charge in [0.15, 0.2) is 0 Å².